The zero-order chi connectivity index (χ0) is 18.3. The van der Waals surface area contributed by atoms with Gasteiger partial charge in [-0.25, -0.2) is 0 Å². The molecule has 4 heteroatoms. The van der Waals surface area contributed by atoms with Crippen LogP contribution in [0.2, 0.25) is 0 Å². The molecule has 0 spiro atoms. The van der Waals surface area contributed by atoms with Gasteiger partial charge in [0, 0.05) is 16.7 Å². The molecule has 126 valence electrons. The van der Waals surface area contributed by atoms with Gasteiger partial charge in [-0.2, -0.15) is 0 Å². The summed E-state index contributed by atoms with van der Waals surface area (Å²) in [6.45, 7) is 0. The quantitative estimate of drug-likeness (QED) is 0.731. The number of fused-ring (bicyclic) bond motifs is 1. The number of hydrogen-bond acceptors (Lipinski definition) is 4. The van der Waals surface area contributed by atoms with Crippen LogP contribution in [0.1, 0.15) is 26.3 Å². The van der Waals surface area contributed by atoms with Crippen LogP contribution in [-0.2, 0) is 0 Å². The molecule has 3 aromatic rings. The average Bonchev–Trinajstić information content (AvgIpc) is 2.66. The molecule has 0 amide bonds. The summed E-state index contributed by atoms with van der Waals surface area (Å²) in [5.74, 6) is -0.194. The maximum absolute atomic E-state index is 13.0. The molecule has 0 heterocycles. The van der Waals surface area contributed by atoms with Crippen molar-refractivity contribution in [3.63, 3.8) is 0 Å². The van der Waals surface area contributed by atoms with Crippen LogP contribution in [0, 0.1) is 0 Å². The predicted octanol–water partition coefficient (Wildman–Crippen LogP) is 4.23. The lowest BCUT2D eigenvalue weighted by Gasteiger charge is -2.16. The van der Waals surface area contributed by atoms with Crippen LogP contribution >= 0.6 is 0 Å². The van der Waals surface area contributed by atoms with E-state index in [-0.39, 0.29) is 23.1 Å². The van der Waals surface area contributed by atoms with Gasteiger partial charge in [0.25, 0.3) is 0 Å². The van der Waals surface area contributed by atoms with Gasteiger partial charge in [-0.3, -0.25) is 9.59 Å². The fraction of sp³-hybridized carbons (Fsp3) is 0. The van der Waals surface area contributed by atoms with Gasteiger partial charge in [-0.05, 0) is 59.2 Å². The van der Waals surface area contributed by atoms with Gasteiger partial charge in [0.2, 0.25) is 0 Å². The third-order valence-corrected chi connectivity index (χ3v) is 4.43. The van der Waals surface area contributed by atoms with E-state index in [0.717, 1.165) is 11.1 Å². The lowest BCUT2D eigenvalue weighted by molar-refractivity contribution is 0.100. The maximum atomic E-state index is 13.0. The maximum Gasteiger partial charge on any atom is 0.194 e. The molecule has 0 saturated carbocycles. The van der Waals surface area contributed by atoms with Crippen molar-refractivity contribution in [3.05, 3.63) is 89.5 Å². The highest BCUT2D eigenvalue weighted by Crippen LogP contribution is 2.32. The molecule has 0 radical (unpaired) electrons. The van der Waals surface area contributed by atoms with E-state index >= 15 is 0 Å². The van der Waals surface area contributed by atoms with Gasteiger partial charge < -0.3 is 10.2 Å². The minimum absolute atomic E-state index is 0.0963. The van der Waals surface area contributed by atoms with E-state index in [1.54, 1.807) is 54.6 Å². The highest BCUT2D eigenvalue weighted by atomic mass is 16.3. The Kier molecular flexibility index (Phi) is 3.66. The second-order valence-corrected chi connectivity index (χ2v) is 6.11. The molecule has 0 aromatic heterocycles. The zero-order valence-electron chi connectivity index (χ0n) is 13.6. The zero-order valence-corrected chi connectivity index (χ0v) is 13.6. The van der Waals surface area contributed by atoms with Crippen molar-refractivity contribution in [2.24, 2.45) is 0 Å². The van der Waals surface area contributed by atoms with Gasteiger partial charge in [0.1, 0.15) is 11.5 Å². The van der Waals surface area contributed by atoms with Gasteiger partial charge in [0.15, 0.2) is 11.6 Å². The standard InChI is InChI=1S/C22H14O4/c23-16-6-1-13(2-7-16)15-5-10-18-20(11-15)22(26)19(12-21(18)25)14-3-8-17(24)9-4-14/h1-12,23-24H. The number of hydrogen-bond donors (Lipinski definition) is 2. The van der Waals surface area contributed by atoms with Crippen molar-refractivity contribution in [3.8, 4) is 22.6 Å². The fourth-order valence-electron chi connectivity index (χ4n) is 3.06. The van der Waals surface area contributed by atoms with Gasteiger partial charge in [-0.15, -0.1) is 0 Å². The summed E-state index contributed by atoms with van der Waals surface area (Å²) in [4.78, 5) is 25.4. The first-order valence-electron chi connectivity index (χ1n) is 8.06. The van der Waals surface area contributed by atoms with E-state index in [0.29, 0.717) is 22.3 Å². The molecule has 1 aliphatic rings. The number of rotatable bonds is 2. The molecule has 26 heavy (non-hydrogen) atoms. The summed E-state index contributed by atoms with van der Waals surface area (Å²) >= 11 is 0. The Bertz CT molecular complexity index is 1060. The Hall–Kier alpha value is -3.66. The van der Waals surface area contributed by atoms with Crippen LogP contribution in [0.4, 0.5) is 0 Å². The first kappa shape index (κ1) is 15.8. The Balaban J connectivity index is 1.79. The second kappa shape index (κ2) is 6.01. The van der Waals surface area contributed by atoms with Gasteiger partial charge in [-0.1, -0.05) is 30.3 Å². The largest absolute Gasteiger partial charge is 0.508 e. The second-order valence-electron chi connectivity index (χ2n) is 6.11. The number of allylic oxidation sites excluding steroid dienone is 2. The van der Waals surface area contributed by atoms with E-state index in [2.05, 4.69) is 0 Å². The summed E-state index contributed by atoms with van der Waals surface area (Å²) in [6, 6.07) is 18.0. The van der Waals surface area contributed by atoms with Crippen LogP contribution in [-0.4, -0.2) is 21.8 Å². The molecular weight excluding hydrogens is 328 g/mol. The Labute approximate surface area is 149 Å². The first-order valence-corrected chi connectivity index (χ1v) is 8.06. The normalized spacial score (nSPS) is 13.3. The van der Waals surface area contributed by atoms with Crippen LogP contribution in [0.5, 0.6) is 11.5 Å². The molecule has 0 aliphatic heterocycles. The Morgan fingerprint density at radius 2 is 1.12 bits per heavy atom. The van der Waals surface area contributed by atoms with Crippen molar-refractivity contribution < 1.29 is 19.8 Å². The van der Waals surface area contributed by atoms with Crippen molar-refractivity contribution in [1.82, 2.24) is 0 Å². The molecule has 1 aliphatic carbocycles. The first-order chi connectivity index (χ1) is 12.5. The number of carbonyl (C=O) groups is 2. The molecule has 0 unspecified atom stereocenters. The van der Waals surface area contributed by atoms with Crippen LogP contribution in [0.15, 0.2) is 72.8 Å². The van der Waals surface area contributed by atoms with E-state index in [1.165, 1.54) is 18.2 Å². The molecule has 3 aromatic carbocycles. The topological polar surface area (TPSA) is 74.6 Å². The van der Waals surface area contributed by atoms with Crippen molar-refractivity contribution in [2.75, 3.05) is 0 Å². The van der Waals surface area contributed by atoms with Gasteiger partial charge >= 0.3 is 0 Å². The third kappa shape index (κ3) is 2.67. The summed E-state index contributed by atoms with van der Waals surface area (Å²) in [5.41, 5.74) is 3.25. The Morgan fingerprint density at radius 1 is 0.577 bits per heavy atom. The van der Waals surface area contributed by atoms with E-state index in [9.17, 15) is 19.8 Å². The summed E-state index contributed by atoms with van der Waals surface area (Å²) in [5, 5.41) is 18.9. The SMILES string of the molecule is O=C1C=C(c2ccc(O)cc2)C(=O)c2cc(-c3ccc(O)cc3)ccc21. The van der Waals surface area contributed by atoms with Crippen molar-refractivity contribution in [1.29, 1.82) is 0 Å². The lowest BCUT2D eigenvalue weighted by Crippen LogP contribution is -2.16. The predicted molar refractivity (Wildman–Crippen MR) is 98.3 cm³/mol. The smallest absolute Gasteiger partial charge is 0.194 e. The molecule has 4 nitrogen and oxygen atoms in total. The molecule has 2 N–H and O–H groups in total. The summed E-state index contributed by atoms with van der Waals surface area (Å²) in [6.07, 6.45) is 1.34. The highest BCUT2D eigenvalue weighted by molar-refractivity contribution is 6.38. The van der Waals surface area contributed by atoms with Crippen molar-refractivity contribution >= 4 is 17.1 Å². The number of carbonyl (C=O) groups excluding carboxylic acids is 2. The van der Waals surface area contributed by atoms with Crippen LogP contribution in [0.25, 0.3) is 16.7 Å². The lowest BCUT2D eigenvalue weighted by atomic mass is 9.84. The third-order valence-electron chi connectivity index (χ3n) is 4.43. The van der Waals surface area contributed by atoms with E-state index in [4.69, 9.17) is 0 Å². The van der Waals surface area contributed by atoms with Gasteiger partial charge in [0.05, 0.1) is 0 Å². The van der Waals surface area contributed by atoms with Crippen LogP contribution < -0.4 is 0 Å². The van der Waals surface area contributed by atoms with Crippen LogP contribution in [0.3, 0.4) is 0 Å². The van der Waals surface area contributed by atoms with Crippen molar-refractivity contribution in [2.45, 2.75) is 0 Å². The number of phenols is 2. The summed E-state index contributed by atoms with van der Waals surface area (Å²) in [7, 11) is 0. The van der Waals surface area contributed by atoms with E-state index in [1.807, 2.05) is 0 Å². The average molecular weight is 342 g/mol. The molecule has 0 atom stereocenters. The molecule has 0 saturated heterocycles. The molecule has 4 rings (SSSR count). The highest BCUT2D eigenvalue weighted by Gasteiger charge is 2.26. The number of aromatic hydroxyl groups is 2. The Morgan fingerprint density at radius 3 is 1.73 bits per heavy atom. The minimum Gasteiger partial charge on any atom is -0.508 e. The number of phenolic OH excluding ortho intramolecular Hbond substituents is 2. The summed E-state index contributed by atoms with van der Waals surface area (Å²) < 4.78 is 0. The van der Waals surface area contributed by atoms with E-state index < -0.39 is 0 Å². The fourth-order valence-corrected chi connectivity index (χ4v) is 3.06. The molecular formula is C22H14O4. The minimum atomic E-state index is -0.231. The monoisotopic (exact) mass is 342 g/mol. The number of benzene rings is 3. The number of ketones is 2. The number of Topliss-reactive ketones (excluding diaryl/α,β-unsaturated/α-hetero) is 1. The molecule has 0 fully saturated rings. The molecule has 0 bridgehead atoms.